The summed E-state index contributed by atoms with van der Waals surface area (Å²) in [6, 6.07) is 9.31. The fraction of sp³-hybridized carbons (Fsp3) is 0.625. The molecule has 1 aliphatic rings. The Bertz CT molecular complexity index is 421. The van der Waals surface area contributed by atoms with Gasteiger partial charge in [0.2, 0.25) is 0 Å². The molecule has 2 rings (SSSR count). The lowest BCUT2D eigenvalue weighted by atomic mass is 9.96. The van der Waals surface area contributed by atoms with E-state index in [4.69, 9.17) is 5.84 Å². The molecule has 1 fully saturated rings. The van der Waals surface area contributed by atoms with Crippen LogP contribution in [-0.4, -0.2) is 55.6 Å². The summed E-state index contributed by atoms with van der Waals surface area (Å²) < 4.78 is 0. The van der Waals surface area contributed by atoms with E-state index in [2.05, 4.69) is 60.5 Å². The van der Waals surface area contributed by atoms with Crippen molar-refractivity contribution in [3.8, 4) is 0 Å². The van der Waals surface area contributed by atoms with Crippen LogP contribution >= 0.6 is 0 Å². The maximum absolute atomic E-state index is 5.87. The minimum atomic E-state index is 0.279. The van der Waals surface area contributed by atoms with E-state index < -0.39 is 0 Å². The topological polar surface area (TPSA) is 44.5 Å². The molecule has 0 aliphatic carbocycles. The van der Waals surface area contributed by atoms with Gasteiger partial charge in [0.15, 0.2) is 0 Å². The van der Waals surface area contributed by atoms with Gasteiger partial charge in [-0.1, -0.05) is 24.3 Å². The van der Waals surface area contributed by atoms with Gasteiger partial charge >= 0.3 is 0 Å². The fourth-order valence-electron chi connectivity index (χ4n) is 3.12. The van der Waals surface area contributed by atoms with Crippen LogP contribution in [0.25, 0.3) is 0 Å². The summed E-state index contributed by atoms with van der Waals surface area (Å²) in [6.07, 6.45) is 2.21. The molecule has 0 aromatic heterocycles. The second kappa shape index (κ2) is 7.18. The number of nitrogens with two attached hydrogens (primary N) is 1. The maximum Gasteiger partial charge on any atom is 0.0418 e. The first-order valence-corrected chi connectivity index (χ1v) is 7.51. The minimum Gasteiger partial charge on any atom is -0.305 e. The number of hydrazine groups is 1. The second-order valence-electron chi connectivity index (χ2n) is 6.07. The monoisotopic (exact) mass is 276 g/mol. The molecule has 0 amide bonds. The van der Waals surface area contributed by atoms with Gasteiger partial charge in [0.25, 0.3) is 0 Å². The Morgan fingerprint density at radius 1 is 1.30 bits per heavy atom. The molecular formula is C16H28N4. The average molecular weight is 276 g/mol. The van der Waals surface area contributed by atoms with Crippen molar-refractivity contribution in [1.29, 1.82) is 0 Å². The van der Waals surface area contributed by atoms with Crippen molar-refractivity contribution in [1.82, 2.24) is 15.2 Å². The first kappa shape index (κ1) is 15.4. The average Bonchev–Trinajstić information content (AvgIpc) is 2.60. The highest BCUT2D eigenvalue weighted by Crippen LogP contribution is 2.16. The SMILES string of the molecule is Cc1ccccc1CC(NN)C1CN(C)CCCN1C. The van der Waals surface area contributed by atoms with E-state index in [9.17, 15) is 0 Å². The quantitative estimate of drug-likeness (QED) is 0.636. The molecule has 0 saturated carbocycles. The number of benzene rings is 1. The third-order valence-corrected chi connectivity index (χ3v) is 4.50. The van der Waals surface area contributed by atoms with Crippen molar-refractivity contribution in [2.45, 2.75) is 31.8 Å². The Morgan fingerprint density at radius 2 is 2.05 bits per heavy atom. The number of hydrogen-bond donors (Lipinski definition) is 2. The molecular weight excluding hydrogens is 248 g/mol. The van der Waals surface area contributed by atoms with Gasteiger partial charge in [-0.2, -0.15) is 0 Å². The van der Waals surface area contributed by atoms with Crippen LogP contribution in [0, 0.1) is 6.92 Å². The minimum absolute atomic E-state index is 0.279. The van der Waals surface area contributed by atoms with E-state index in [1.807, 2.05) is 0 Å². The van der Waals surface area contributed by atoms with Crippen LogP contribution in [0.2, 0.25) is 0 Å². The molecule has 1 heterocycles. The predicted octanol–water partition coefficient (Wildman–Crippen LogP) is 1.01. The highest BCUT2D eigenvalue weighted by molar-refractivity contribution is 5.26. The zero-order valence-corrected chi connectivity index (χ0v) is 13.0. The molecule has 0 radical (unpaired) electrons. The molecule has 1 aromatic carbocycles. The number of likely N-dealkylation sites (N-methyl/N-ethyl adjacent to an activating group) is 2. The molecule has 0 bridgehead atoms. The van der Waals surface area contributed by atoms with Crippen molar-refractivity contribution in [2.24, 2.45) is 5.84 Å². The van der Waals surface area contributed by atoms with Crippen LogP contribution in [-0.2, 0) is 6.42 Å². The Kier molecular flexibility index (Phi) is 5.54. The van der Waals surface area contributed by atoms with Crippen molar-refractivity contribution < 1.29 is 0 Å². The van der Waals surface area contributed by atoms with Crippen LogP contribution in [0.3, 0.4) is 0 Å². The number of hydrogen-bond acceptors (Lipinski definition) is 4. The summed E-state index contributed by atoms with van der Waals surface area (Å²) in [5.41, 5.74) is 5.79. The Hall–Kier alpha value is -0.940. The lowest BCUT2D eigenvalue weighted by Crippen LogP contribution is -2.55. The first-order chi connectivity index (χ1) is 9.61. The Balaban J connectivity index is 2.12. The van der Waals surface area contributed by atoms with Gasteiger partial charge in [0, 0.05) is 18.6 Å². The highest BCUT2D eigenvalue weighted by atomic mass is 15.3. The summed E-state index contributed by atoms with van der Waals surface area (Å²) in [5.74, 6) is 5.87. The summed E-state index contributed by atoms with van der Waals surface area (Å²) >= 11 is 0. The molecule has 3 N–H and O–H groups in total. The second-order valence-corrected chi connectivity index (χ2v) is 6.07. The smallest absolute Gasteiger partial charge is 0.0418 e. The Labute approximate surface area is 122 Å². The lowest BCUT2D eigenvalue weighted by Gasteiger charge is -2.34. The van der Waals surface area contributed by atoms with E-state index in [-0.39, 0.29) is 6.04 Å². The van der Waals surface area contributed by atoms with Gasteiger partial charge in [-0.15, -0.1) is 0 Å². The molecule has 1 aliphatic heterocycles. The fourth-order valence-corrected chi connectivity index (χ4v) is 3.12. The normalized spacial score (nSPS) is 23.5. The van der Waals surface area contributed by atoms with Gasteiger partial charge < -0.3 is 9.80 Å². The van der Waals surface area contributed by atoms with Crippen LogP contribution in [0.1, 0.15) is 17.5 Å². The third-order valence-electron chi connectivity index (χ3n) is 4.50. The zero-order valence-electron chi connectivity index (χ0n) is 13.0. The van der Waals surface area contributed by atoms with Crippen LogP contribution in [0.4, 0.5) is 0 Å². The summed E-state index contributed by atoms with van der Waals surface area (Å²) in [7, 11) is 4.42. The maximum atomic E-state index is 5.87. The number of aryl methyl sites for hydroxylation is 1. The van der Waals surface area contributed by atoms with E-state index in [0.29, 0.717) is 6.04 Å². The lowest BCUT2D eigenvalue weighted by molar-refractivity contribution is 0.177. The van der Waals surface area contributed by atoms with Gasteiger partial charge in [-0.05, 0) is 58.1 Å². The van der Waals surface area contributed by atoms with E-state index in [1.54, 1.807) is 0 Å². The van der Waals surface area contributed by atoms with E-state index in [0.717, 1.165) is 19.5 Å². The first-order valence-electron chi connectivity index (χ1n) is 7.51. The summed E-state index contributed by atoms with van der Waals surface area (Å²) in [5, 5.41) is 0. The summed E-state index contributed by atoms with van der Waals surface area (Å²) in [4.78, 5) is 4.86. The van der Waals surface area contributed by atoms with Crippen LogP contribution in [0.5, 0.6) is 0 Å². The molecule has 112 valence electrons. The number of nitrogens with zero attached hydrogens (tertiary/aromatic N) is 2. The van der Waals surface area contributed by atoms with Crippen molar-refractivity contribution in [3.63, 3.8) is 0 Å². The molecule has 4 heteroatoms. The number of nitrogens with one attached hydrogen (secondary N) is 1. The zero-order chi connectivity index (χ0) is 14.5. The highest BCUT2D eigenvalue weighted by Gasteiger charge is 2.28. The van der Waals surface area contributed by atoms with E-state index >= 15 is 0 Å². The van der Waals surface area contributed by atoms with Gasteiger partial charge in [0.05, 0.1) is 0 Å². The molecule has 1 saturated heterocycles. The number of rotatable bonds is 4. The molecule has 2 atom stereocenters. The van der Waals surface area contributed by atoms with Crippen molar-refractivity contribution in [3.05, 3.63) is 35.4 Å². The van der Waals surface area contributed by atoms with Crippen LogP contribution in [0.15, 0.2) is 24.3 Å². The van der Waals surface area contributed by atoms with Gasteiger partial charge in [-0.25, -0.2) is 0 Å². The largest absolute Gasteiger partial charge is 0.305 e. The molecule has 20 heavy (non-hydrogen) atoms. The molecule has 0 spiro atoms. The predicted molar refractivity (Wildman–Crippen MR) is 84.5 cm³/mol. The van der Waals surface area contributed by atoms with Crippen molar-refractivity contribution in [2.75, 3.05) is 33.7 Å². The van der Waals surface area contributed by atoms with Crippen molar-refractivity contribution >= 4 is 0 Å². The van der Waals surface area contributed by atoms with Gasteiger partial charge in [-0.3, -0.25) is 11.3 Å². The third kappa shape index (κ3) is 3.79. The molecule has 2 unspecified atom stereocenters. The standard InChI is InChI=1S/C16H28N4/c1-13-7-4-5-8-14(13)11-15(18-17)16-12-19(2)9-6-10-20(16)3/h4-5,7-8,15-16,18H,6,9-12,17H2,1-3H3. The van der Waals surface area contributed by atoms with Crippen LogP contribution < -0.4 is 11.3 Å². The molecule has 1 aromatic rings. The van der Waals surface area contributed by atoms with E-state index in [1.165, 1.54) is 24.1 Å². The van der Waals surface area contributed by atoms with Gasteiger partial charge in [0.1, 0.15) is 0 Å². The Morgan fingerprint density at radius 3 is 2.75 bits per heavy atom. The summed E-state index contributed by atoms with van der Waals surface area (Å²) in [6.45, 7) is 5.55. The molecule has 4 nitrogen and oxygen atoms in total.